The Kier molecular flexibility index (Phi) is 0.228. The van der Waals surface area contributed by atoms with E-state index in [2.05, 4.69) is 9.78 Å². The lowest BCUT2D eigenvalue weighted by molar-refractivity contribution is 0.0850. The molecule has 0 aromatic heterocycles. The monoisotopic (exact) mass is 61.0 g/mol. The average molecular weight is 61.0 g/mol. The molecule has 0 saturated carbocycles. The van der Waals surface area contributed by atoms with Gasteiger partial charge in [-0.1, -0.05) is 0 Å². The molecule has 4 heavy (non-hydrogen) atoms. The molecular formula is CH3NO2. The average Bonchev–Trinajstić information content (AvgIpc) is 1.75. The first kappa shape index (κ1) is 2.14. The third-order valence-corrected chi connectivity index (χ3v) is 0.207. The lowest BCUT2D eigenvalue weighted by Gasteiger charge is -1.45. The molecule has 0 bridgehead atoms. The Balaban J connectivity index is 2.17. The Labute approximate surface area is 23.2 Å². The molecule has 1 fully saturated rings. The van der Waals surface area contributed by atoms with E-state index in [-0.39, 0.29) is 0 Å². The summed E-state index contributed by atoms with van der Waals surface area (Å²) in [6, 6.07) is 0. The summed E-state index contributed by atoms with van der Waals surface area (Å²) in [6.07, 6.45) is -0.417. The largest absolute Gasteiger partial charge is 0.278 e. The summed E-state index contributed by atoms with van der Waals surface area (Å²) in [4.78, 5) is 7.97. The lowest BCUT2D eigenvalue weighted by Crippen LogP contribution is -1.96. The fourth-order valence-corrected chi connectivity index (χ4v) is 0.0321. The van der Waals surface area contributed by atoms with Crippen LogP contribution in [0.3, 0.4) is 0 Å². The SMILES string of the molecule is NC1OO1. The summed E-state index contributed by atoms with van der Waals surface area (Å²) in [6.45, 7) is 0. The van der Waals surface area contributed by atoms with Crippen LogP contribution in [-0.4, -0.2) is 6.41 Å². The Bertz CT molecular complexity index is 25.2. The van der Waals surface area contributed by atoms with Crippen LogP contribution >= 0.6 is 0 Å². The molecule has 1 saturated heterocycles. The molecule has 0 radical (unpaired) electrons. The highest BCUT2D eigenvalue weighted by atomic mass is 17.4. The van der Waals surface area contributed by atoms with Crippen molar-refractivity contribution in [3.05, 3.63) is 0 Å². The van der Waals surface area contributed by atoms with Crippen molar-refractivity contribution in [1.29, 1.82) is 0 Å². The van der Waals surface area contributed by atoms with Crippen molar-refractivity contribution in [1.82, 2.24) is 0 Å². The van der Waals surface area contributed by atoms with Crippen LogP contribution in [0, 0.1) is 0 Å². The third kappa shape index (κ3) is 0.176. The molecule has 2 N–H and O–H groups in total. The van der Waals surface area contributed by atoms with Gasteiger partial charge in [0, 0.05) is 0 Å². The normalized spacial score (nSPS) is 26.2. The number of rotatable bonds is 0. The van der Waals surface area contributed by atoms with Crippen LogP contribution in [0.25, 0.3) is 0 Å². The van der Waals surface area contributed by atoms with Crippen molar-refractivity contribution in [3.8, 4) is 0 Å². The van der Waals surface area contributed by atoms with Crippen LogP contribution in [0.4, 0.5) is 0 Å². The van der Waals surface area contributed by atoms with Crippen molar-refractivity contribution in [2.75, 3.05) is 0 Å². The molecule has 1 aliphatic rings. The van der Waals surface area contributed by atoms with Crippen LogP contribution < -0.4 is 5.73 Å². The fourth-order valence-electron chi connectivity index (χ4n) is 0.0321. The zero-order valence-corrected chi connectivity index (χ0v) is 1.97. The van der Waals surface area contributed by atoms with Gasteiger partial charge in [0.2, 0.25) is 0 Å². The van der Waals surface area contributed by atoms with Gasteiger partial charge in [-0.05, 0) is 0 Å². The van der Waals surface area contributed by atoms with Gasteiger partial charge >= 0.3 is 0 Å². The van der Waals surface area contributed by atoms with Gasteiger partial charge in [-0.2, -0.15) is 9.78 Å². The molecule has 0 aliphatic carbocycles. The first-order valence-corrected chi connectivity index (χ1v) is 0.971. The standard InChI is InChI=1S/CH3NO2/c2-1-3-4-1/h1H,2H2. The van der Waals surface area contributed by atoms with E-state index >= 15 is 0 Å². The van der Waals surface area contributed by atoms with E-state index in [0.29, 0.717) is 0 Å². The summed E-state index contributed by atoms with van der Waals surface area (Å²) in [7, 11) is 0. The van der Waals surface area contributed by atoms with E-state index in [1.165, 1.54) is 0 Å². The van der Waals surface area contributed by atoms with Crippen LogP contribution in [0.1, 0.15) is 0 Å². The molecule has 0 aromatic carbocycles. The van der Waals surface area contributed by atoms with Crippen molar-refractivity contribution >= 4 is 0 Å². The van der Waals surface area contributed by atoms with Gasteiger partial charge in [-0.25, -0.2) is 0 Å². The first-order valence-electron chi connectivity index (χ1n) is 0.971. The van der Waals surface area contributed by atoms with Crippen molar-refractivity contribution in [2.24, 2.45) is 5.73 Å². The molecule has 3 nitrogen and oxygen atoms in total. The molecule has 1 aliphatic heterocycles. The molecule has 1 heterocycles. The van der Waals surface area contributed by atoms with Gasteiger partial charge in [0.05, 0.1) is 0 Å². The zero-order chi connectivity index (χ0) is 2.99. The Hall–Kier alpha value is -0.120. The van der Waals surface area contributed by atoms with Gasteiger partial charge in [0.25, 0.3) is 6.41 Å². The summed E-state index contributed by atoms with van der Waals surface area (Å²) < 4.78 is 0. The number of hydrogen-bond donors (Lipinski definition) is 1. The minimum absolute atomic E-state index is 0.417. The Morgan fingerprint density at radius 3 is 1.75 bits per heavy atom. The topological polar surface area (TPSA) is 51.1 Å². The van der Waals surface area contributed by atoms with Gasteiger partial charge in [-0.3, -0.25) is 5.73 Å². The van der Waals surface area contributed by atoms with E-state index in [4.69, 9.17) is 5.73 Å². The maximum atomic E-state index is 4.78. The van der Waals surface area contributed by atoms with Crippen LogP contribution in [0.5, 0.6) is 0 Å². The molecule has 0 aromatic rings. The van der Waals surface area contributed by atoms with E-state index in [1.807, 2.05) is 0 Å². The quantitative estimate of drug-likeness (QED) is 0.294. The van der Waals surface area contributed by atoms with Gasteiger partial charge in [0.1, 0.15) is 0 Å². The summed E-state index contributed by atoms with van der Waals surface area (Å²) >= 11 is 0. The van der Waals surface area contributed by atoms with Crippen LogP contribution in [0.15, 0.2) is 0 Å². The maximum absolute atomic E-state index is 4.78. The van der Waals surface area contributed by atoms with Crippen LogP contribution in [-0.2, 0) is 9.78 Å². The molecule has 24 valence electrons. The molecular weight excluding hydrogens is 58.0 g/mol. The molecule has 1 rings (SSSR count). The second-order valence-electron chi connectivity index (χ2n) is 0.561. The molecule has 3 heteroatoms. The Morgan fingerprint density at radius 1 is 1.50 bits per heavy atom. The lowest BCUT2D eigenvalue weighted by atomic mass is 11.3. The highest BCUT2D eigenvalue weighted by Gasteiger charge is 2.17. The van der Waals surface area contributed by atoms with E-state index in [1.54, 1.807) is 0 Å². The highest BCUT2D eigenvalue weighted by Crippen LogP contribution is 2.00. The number of nitrogens with two attached hydrogens (primary N) is 1. The number of hydrogen-bond acceptors (Lipinski definition) is 3. The van der Waals surface area contributed by atoms with Gasteiger partial charge in [0.15, 0.2) is 0 Å². The Morgan fingerprint density at radius 2 is 1.75 bits per heavy atom. The van der Waals surface area contributed by atoms with Crippen molar-refractivity contribution in [3.63, 3.8) is 0 Å². The summed E-state index contributed by atoms with van der Waals surface area (Å²) in [5, 5.41) is 0. The molecule has 0 spiro atoms. The van der Waals surface area contributed by atoms with E-state index < -0.39 is 6.41 Å². The smallest absolute Gasteiger partial charge is 0.275 e. The third-order valence-electron chi connectivity index (χ3n) is 0.207. The molecule has 0 unspecified atom stereocenters. The molecule has 0 amide bonds. The zero-order valence-electron chi connectivity index (χ0n) is 1.97. The first-order chi connectivity index (χ1) is 1.89. The second-order valence-corrected chi connectivity index (χ2v) is 0.561. The van der Waals surface area contributed by atoms with Gasteiger partial charge < -0.3 is 0 Å². The summed E-state index contributed by atoms with van der Waals surface area (Å²) in [5.41, 5.74) is 4.78. The maximum Gasteiger partial charge on any atom is 0.275 e. The van der Waals surface area contributed by atoms with E-state index in [9.17, 15) is 0 Å². The minimum atomic E-state index is -0.417. The predicted octanol–water partition coefficient (Wildman–Crippen LogP) is -0.810. The summed E-state index contributed by atoms with van der Waals surface area (Å²) in [5.74, 6) is 0. The second kappa shape index (κ2) is 0.427. The highest BCUT2D eigenvalue weighted by molar-refractivity contribution is 4.20. The predicted molar refractivity (Wildman–Crippen MR) is 10.1 cm³/mol. The molecule has 0 atom stereocenters. The van der Waals surface area contributed by atoms with Crippen molar-refractivity contribution in [2.45, 2.75) is 6.41 Å². The minimum Gasteiger partial charge on any atom is -0.278 e. The fraction of sp³-hybridized carbons (Fsp3) is 1.00. The van der Waals surface area contributed by atoms with E-state index in [0.717, 1.165) is 0 Å². The van der Waals surface area contributed by atoms with Crippen LogP contribution in [0.2, 0.25) is 0 Å². The van der Waals surface area contributed by atoms with Crippen molar-refractivity contribution < 1.29 is 9.78 Å². The van der Waals surface area contributed by atoms with Gasteiger partial charge in [-0.15, -0.1) is 0 Å².